The SMILES string of the molecule is CC1(CC#N)CCC(NCc2cccc(F)c2)CC1. The fraction of sp³-hybridized carbons (Fsp3) is 0.562. The molecule has 1 saturated carbocycles. The van der Waals surface area contributed by atoms with Gasteiger partial charge in [-0.15, -0.1) is 0 Å². The third kappa shape index (κ3) is 4.04. The zero-order valence-electron chi connectivity index (χ0n) is 11.5. The molecule has 0 heterocycles. The van der Waals surface area contributed by atoms with E-state index in [1.807, 2.05) is 6.07 Å². The van der Waals surface area contributed by atoms with Gasteiger partial charge in [0.15, 0.2) is 0 Å². The van der Waals surface area contributed by atoms with Gasteiger partial charge in [-0.3, -0.25) is 0 Å². The number of hydrogen-bond acceptors (Lipinski definition) is 2. The number of nitriles is 1. The number of benzene rings is 1. The lowest BCUT2D eigenvalue weighted by atomic mass is 9.72. The highest BCUT2D eigenvalue weighted by molar-refractivity contribution is 5.16. The smallest absolute Gasteiger partial charge is 0.123 e. The monoisotopic (exact) mass is 260 g/mol. The zero-order chi connectivity index (χ0) is 13.7. The van der Waals surface area contributed by atoms with Gasteiger partial charge in [0.05, 0.1) is 6.07 Å². The Kier molecular flexibility index (Phi) is 4.55. The van der Waals surface area contributed by atoms with Crippen LogP contribution in [0.1, 0.15) is 44.6 Å². The fourth-order valence-electron chi connectivity index (χ4n) is 2.80. The average molecular weight is 260 g/mol. The quantitative estimate of drug-likeness (QED) is 0.894. The van der Waals surface area contributed by atoms with E-state index in [0.29, 0.717) is 12.5 Å². The van der Waals surface area contributed by atoms with Gasteiger partial charge in [0.25, 0.3) is 0 Å². The maximum atomic E-state index is 13.1. The van der Waals surface area contributed by atoms with Gasteiger partial charge in [-0.25, -0.2) is 4.39 Å². The Morgan fingerprint density at radius 3 is 2.79 bits per heavy atom. The molecule has 0 atom stereocenters. The Balaban J connectivity index is 1.79. The Hall–Kier alpha value is -1.40. The van der Waals surface area contributed by atoms with E-state index in [2.05, 4.69) is 18.3 Å². The van der Waals surface area contributed by atoms with Crippen LogP contribution in [0.4, 0.5) is 4.39 Å². The lowest BCUT2D eigenvalue weighted by molar-refractivity contribution is 0.188. The van der Waals surface area contributed by atoms with Crippen LogP contribution in [0.3, 0.4) is 0 Å². The molecule has 2 rings (SSSR count). The van der Waals surface area contributed by atoms with E-state index in [1.165, 1.54) is 6.07 Å². The van der Waals surface area contributed by atoms with Crippen LogP contribution in [0.2, 0.25) is 0 Å². The molecular weight excluding hydrogens is 239 g/mol. The summed E-state index contributed by atoms with van der Waals surface area (Å²) in [6, 6.07) is 9.53. The van der Waals surface area contributed by atoms with Crippen molar-refractivity contribution in [2.24, 2.45) is 5.41 Å². The number of nitrogens with zero attached hydrogens (tertiary/aromatic N) is 1. The second-order valence-corrected chi connectivity index (χ2v) is 5.93. The van der Waals surface area contributed by atoms with Crippen LogP contribution < -0.4 is 5.32 Å². The van der Waals surface area contributed by atoms with Crippen molar-refractivity contribution in [2.75, 3.05) is 0 Å². The van der Waals surface area contributed by atoms with Crippen LogP contribution in [-0.4, -0.2) is 6.04 Å². The van der Waals surface area contributed by atoms with E-state index in [9.17, 15) is 4.39 Å². The average Bonchev–Trinajstić information content (AvgIpc) is 2.38. The molecule has 0 bridgehead atoms. The summed E-state index contributed by atoms with van der Waals surface area (Å²) < 4.78 is 13.1. The first kappa shape index (κ1) is 14.0. The molecule has 1 aromatic rings. The molecule has 0 aliphatic heterocycles. The van der Waals surface area contributed by atoms with E-state index < -0.39 is 0 Å². The highest BCUT2D eigenvalue weighted by Gasteiger charge is 2.30. The topological polar surface area (TPSA) is 35.8 Å². The molecule has 19 heavy (non-hydrogen) atoms. The van der Waals surface area contributed by atoms with Crippen molar-refractivity contribution in [2.45, 2.75) is 51.6 Å². The minimum absolute atomic E-state index is 0.176. The van der Waals surface area contributed by atoms with Gasteiger partial charge < -0.3 is 5.32 Å². The molecule has 1 aliphatic carbocycles. The molecular formula is C16H21FN2. The maximum absolute atomic E-state index is 13.1. The van der Waals surface area contributed by atoms with Crippen molar-refractivity contribution in [3.05, 3.63) is 35.6 Å². The minimum atomic E-state index is -0.176. The standard InChI is InChI=1S/C16H21FN2/c1-16(9-10-18)7-5-15(6-8-16)19-12-13-3-2-4-14(17)11-13/h2-4,11,15,19H,5-9,12H2,1H3. The first-order chi connectivity index (χ1) is 9.11. The van der Waals surface area contributed by atoms with E-state index in [1.54, 1.807) is 12.1 Å². The van der Waals surface area contributed by atoms with Crippen LogP contribution in [0, 0.1) is 22.6 Å². The largest absolute Gasteiger partial charge is 0.310 e. The van der Waals surface area contributed by atoms with Crippen molar-refractivity contribution in [3.8, 4) is 6.07 Å². The van der Waals surface area contributed by atoms with Gasteiger partial charge in [0, 0.05) is 19.0 Å². The molecule has 1 fully saturated rings. The summed E-state index contributed by atoms with van der Waals surface area (Å²) in [4.78, 5) is 0. The highest BCUT2D eigenvalue weighted by Crippen LogP contribution is 2.38. The highest BCUT2D eigenvalue weighted by atomic mass is 19.1. The van der Waals surface area contributed by atoms with Gasteiger partial charge in [-0.1, -0.05) is 19.1 Å². The van der Waals surface area contributed by atoms with Gasteiger partial charge in [-0.2, -0.15) is 5.26 Å². The van der Waals surface area contributed by atoms with Crippen LogP contribution >= 0.6 is 0 Å². The minimum Gasteiger partial charge on any atom is -0.310 e. The predicted octanol–water partition coefficient (Wildman–Crippen LogP) is 3.78. The molecule has 0 spiro atoms. The first-order valence-corrected chi connectivity index (χ1v) is 6.96. The predicted molar refractivity (Wildman–Crippen MR) is 73.8 cm³/mol. The molecule has 0 unspecified atom stereocenters. The number of rotatable bonds is 4. The first-order valence-electron chi connectivity index (χ1n) is 6.96. The van der Waals surface area contributed by atoms with E-state index in [4.69, 9.17) is 5.26 Å². The fourth-order valence-corrected chi connectivity index (χ4v) is 2.80. The summed E-state index contributed by atoms with van der Waals surface area (Å²) in [7, 11) is 0. The van der Waals surface area contributed by atoms with Gasteiger partial charge in [0.1, 0.15) is 5.82 Å². The van der Waals surface area contributed by atoms with Crippen LogP contribution in [0.25, 0.3) is 0 Å². The van der Waals surface area contributed by atoms with Crippen molar-refractivity contribution >= 4 is 0 Å². The Morgan fingerprint density at radius 1 is 1.42 bits per heavy atom. The summed E-state index contributed by atoms with van der Waals surface area (Å²) in [5, 5.41) is 12.3. The second kappa shape index (κ2) is 6.16. The molecule has 0 saturated heterocycles. The van der Waals surface area contributed by atoms with E-state index in [-0.39, 0.29) is 11.2 Å². The van der Waals surface area contributed by atoms with Crippen LogP contribution in [0.5, 0.6) is 0 Å². The van der Waals surface area contributed by atoms with Gasteiger partial charge in [-0.05, 0) is 48.8 Å². The molecule has 1 aliphatic rings. The van der Waals surface area contributed by atoms with Crippen molar-refractivity contribution in [1.82, 2.24) is 5.32 Å². The lowest BCUT2D eigenvalue weighted by Crippen LogP contribution is -2.36. The zero-order valence-corrected chi connectivity index (χ0v) is 11.5. The summed E-state index contributed by atoms with van der Waals surface area (Å²) in [6.45, 7) is 2.93. The van der Waals surface area contributed by atoms with Gasteiger partial charge in [0.2, 0.25) is 0 Å². The number of hydrogen-bond donors (Lipinski definition) is 1. The Bertz CT molecular complexity index is 456. The molecule has 102 valence electrons. The normalized spacial score (nSPS) is 26.9. The summed E-state index contributed by atoms with van der Waals surface area (Å²) >= 11 is 0. The van der Waals surface area contributed by atoms with Crippen LogP contribution in [0.15, 0.2) is 24.3 Å². The lowest BCUT2D eigenvalue weighted by Gasteiger charge is -2.36. The molecule has 0 radical (unpaired) electrons. The molecule has 1 aromatic carbocycles. The van der Waals surface area contributed by atoms with Crippen LogP contribution in [-0.2, 0) is 6.54 Å². The summed E-state index contributed by atoms with van der Waals surface area (Å²) in [6.07, 6.45) is 5.06. The molecule has 0 amide bonds. The second-order valence-electron chi connectivity index (χ2n) is 5.93. The summed E-state index contributed by atoms with van der Waals surface area (Å²) in [5.41, 5.74) is 1.19. The third-order valence-corrected chi connectivity index (χ3v) is 4.18. The number of nitrogens with one attached hydrogen (secondary N) is 1. The molecule has 3 heteroatoms. The summed E-state index contributed by atoms with van der Waals surface area (Å²) in [5.74, 6) is -0.176. The Labute approximate surface area is 114 Å². The van der Waals surface area contributed by atoms with Crippen molar-refractivity contribution in [1.29, 1.82) is 5.26 Å². The van der Waals surface area contributed by atoms with E-state index >= 15 is 0 Å². The maximum Gasteiger partial charge on any atom is 0.123 e. The van der Waals surface area contributed by atoms with Crippen molar-refractivity contribution in [3.63, 3.8) is 0 Å². The van der Waals surface area contributed by atoms with E-state index in [0.717, 1.165) is 37.8 Å². The molecule has 2 nitrogen and oxygen atoms in total. The van der Waals surface area contributed by atoms with Crippen molar-refractivity contribution < 1.29 is 4.39 Å². The number of halogens is 1. The van der Waals surface area contributed by atoms with Gasteiger partial charge >= 0.3 is 0 Å². The molecule has 1 N–H and O–H groups in total. The third-order valence-electron chi connectivity index (χ3n) is 4.18. The molecule has 0 aromatic heterocycles. The Morgan fingerprint density at radius 2 is 2.16 bits per heavy atom.